The Morgan fingerprint density at radius 1 is 0.630 bits per heavy atom. The van der Waals surface area contributed by atoms with Gasteiger partial charge < -0.3 is 19.6 Å². The number of rotatable bonds is 0. The van der Waals surface area contributed by atoms with E-state index >= 15 is 0 Å². The van der Waals surface area contributed by atoms with E-state index < -0.39 is 0 Å². The van der Waals surface area contributed by atoms with Crippen LogP contribution >= 0.6 is 0 Å². The summed E-state index contributed by atoms with van der Waals surface area (Å²) in [6.07, 6.45) is 9.28. The van der Waals surface area contributed by atoms with Crippen LogP contribution in [0.15, 0.2) is 73.3 Å². The third-order valence-electron chi connectivity index (χ3n) is 5.75. The lowest BCUT2D eigenvalue weighted by Crippen LogP contribution is -2.35. The topological polar surface area (TPSA) is 13.0 Å². The van der Waals surface area contributed by atoms with Crippen molar-refractivity contribution in [3.63, 3.8) is 0 Å². The SMILES string of the molecule is CC1N2C=CN1Cc1cccc(c1)CN1C=CN(Cc3cccc(c3)C2)C1. The molecule has 0 amide bonds. The summed E-state index contributed by atoms with van der Waals surface area (Å²) >= 11 is 0. The molecule has 3 aliphatic rings. The van der Waals surface area contributed by atoms with Crippen LogP contribution in [0.3, 0.4) is 0 Å². The first-order chi connectivity index (χ1) is 13.2. The van der Waals surface area contributed by atoms with Crippen molar-refractivity contribution in [3.8, 4) is 0 Å². The van der Waals surface area contributed by atoms with Crippen molar-refractivity contribution in [2.75, 3.05) is 6.67 Å². The van der Waals surface area contributed by atoms with Crippen LogP contribution in [0.4, 0.5) is 0 Å². The zero-order valence-corrected chi connectivity index (χ0v) is 15.8. The highest BCUT2D eigenvalue weighted by molar-refractivity contribution is 5.26. The van der Waals surface area contributed by atoms with Gasteiger partial charge in [0.25, 0.3) is 0 Å². The average Bonchev–Trinajstić information content (AvgIpc) is 3.23. The molecule has 8 bridgehead atoms. The Balaban J connectivity index is 1.47. The van der Waals surface area contributed by atoms with Crippen LogP contribution in [-0.4, -0.2) is 32.4 Å². The molecule has 0 radical (unpaired) electrons. The minimum absolute atomic E-state index is 0.371. The predicted octanol–water partition coefficient (Wildman–Crippen LogP) is 3.88. The van der Waals surface area contributed by atoms with E-state index in [2.05, 4.69) is 99.9 Å². The summed E-state index contributed by atoms with van der Waals surface area (Å²) < 4.78 is 0. The van der Waals surface area contributed by atoms with Crippen LogP contribution in [0.1, 0.15) is 29.2 Å². The van der Waals surface area contributed by atoms with Gasteiger partial charge in [-0.05, 0) is 29.2 Å². The van der Waals surface area contributed by atoms with Crippen LogP contribution in [0.25, 0.3) is 0 Å². The fourth-order valence-electron chi connectivity index (χ4n) is 4.25. The zero-order chi connectivity index (χ0) is 18.2. The van der Waals surface area contributed by atoms with E-state index in [1.165, 1.54) is 22.3 Å². The van der Waals surface area contributed by atoms with E-state index in [1.807, 2.05) is 0 Å². The van der Waals surface area contributed by atoms with E-state index in [-0.39, 0.29) is 0 Å². The summed E-state index contributed by atoms with van der Waals surface area (Å²) in [7, 11) is 0. The lowest BCUT2D eigenvalue weighted by Gasteiger charge is -2.30. The van der Waals surface area contributed by atoms with E-state index in [0.29, 0.717) is 6.17 Å². The molecule has 0 unspecified atom stereocenters. The Morgan fingerprint density at radius 3 is 1.56 bits per heavy atom. The van der Waals surface area contributed by atoms with E-state index in [0.717, 1.165) is 32.8 Å². The fraction of sp³-hybridized carbons (Fsp3) is 0.304. The second-order valence-electron chi connectivity index (χ2n) is 7.85. The molecule has 0 aromatic heterocycles. The van der Waals surface area contributed by atoms with Crippen molar-refractivity contribution in [2.24, 2.45) is 0 Å². The summed E-state index contributed by atoms with van der Waals surface area (Å²) in [4.78, 5) is 9.61. The maximum absolute atomic E-state index is 2.42. The second kappa shape index (κ2) is 6.69. The van der Waals surface area contributed by atoms with Crippen molar-refractivity contribution < 1.29 is 0 Å². The molecule has 0 saturated carbocycles. The van der Waals surface area contributed by atoms with Gasteiger partial charge in [0.1, 0.15) is 0 Å². The largest absolute Gasteiger partial charge is 0.354 e. The molecule has 0 spiro atoms. The van der Waals surface area contributed by atoms with Crippen molar-refractivity contribution >= 4 is 0 Å². The summed E-state index contributed by atoms with van der Waals surface area (Å²) in [6, 6.07) is 18.1. The first-order valence-electron chi connectivity index (χ1n) is 9.75. The highest BCUT2D eigenvalue weighted by atomic mass is 15.4. The summed E-state index contributed by atoms with van der Waals surface area (Å²) in [6.45, 7) is 7.05. The molecule has 4 heteroatoms. The molecule has 0 aliphatic carbocycles. The number of benzene rings is 2. The smallest absolute Gasteiger partial charge is 0.0984 e. The molecule has 0 atom stereocenters. The third-order valence-corrected chi connectivity index (χ3v) is 5.75. The highest BCUT2D eigenvalue weighted by Gasteiger charge is 2.22. The number of hydrogen-bond acceptors (Lipinski definition) is 4. The molecule has 2 aromatic rings. The van der Waals surface area contributed by atoms with Crippen LogP contribution in [0, 0.1) is 0 Å². The van der Waals surface area contributed by atoms with E-state index in [9.17, 15) is 0 Å². The normalized spacial score (nSPS) is 19.3. The molecule has 0 N–H and O–H groups in total. The first-order valence-corrected chi connectivity index (χ1v) is 9.75. The third kappa shape index (κ3) is 3.39. The number of nitrogens with zero attached hydrogens (tertiary/aromatic N) is 4. The van der Waals surface area contributed by atoms with Crippen LogP contribution in [-0.2, 0) is 26.2 Å². The molecular weight excluding hydrogens is 332 g/mol. The molecule has 5 rings (SSSR count). The Bertz CT molecular complexity index is 818. The molecule has 3 heterocycles. The number of fused-ring (bicyclic) bond motifs is 8. The molecule has 2 aromatic carbocycles. The molecule has 27 heavy (non-hydrogen) atoms. The van der Waals surface area contributed by atoms with Gasteiger partial charge in [0, 0.05) is 51.0 Å². The minimum atomic E-state index is 0.371. The van der Waals surface area contributed by atoms with Crippen molar-refractivity contribution in [1.82, 2.24) is 19.6 Å². The zero-order valence-electron chi connectivity index (χ0n) is 15.8. The minimum Gasteiger partial charge on any atom is -0.354 e. The fourth-order valence-corrected chi connectivity index (χ4v) is 4.25. The van der Waals surface area contributed by atoms with Gasteiger partial charge in [-0.3, -0.25) is 0 Å². The van der Waals surface area contributed by atoms with Crippen molar-refractivity contribution in [1.29, 1.82) is 0 Å². The quantitative estimate of drug-likeness (QED) is 0.708. The van der Waals surface area contributed by atoms with Gasteiger partial charge in [-0.1, -0.05) is 48.5 Å². The van der Waals surface area contributed by atoms with Crippen molar-refractivity contribution in [3.05, 3.63) is 95.6 Å². The molecular formula is C23H26N4. The predicted molar refractivity (Wildman–Crippen MR) is 108 cm³/mol. The lowest BCUT2D eigenvalue weighted by molar-refractivity contribution is 0.159. The number of hydrogen-bond donors (Lipinski definition) is 0. The van der Waals surface area contributed by atoms with E-state index in [4.69, 9.17) is 0 Å². The molecule has 0 saturated heterocycles. The van der Waals surface area contributed by atoms with E-state index in [1.54, 1.807) is 0 Å². The molecule has 138 valence electrons. The van der Waals surface area contributed by atoms with Gasteiger partial charge in [0.05, 0.1) is 12.8 Å². The maximum atomic E-state index is 2.42. The highest BCUT2D eigenvalue weighted by Crippen LogP contribution is 2.23. The molecule has 3 aliphatic heterocycles. The van der Waals surface area contributed by atoms with Gasteiger partial charge >= 0.3 is 0 Å². The van der Waals surface area contributed by atoms with Gasteiger partial charge in [-0.25, -0.2) is 0 Å². The summed E-state index contributed by atoms with van der Waals surface area (Å²) in [5, 5.41) is 0. The van der Waals surface area contributed by atoms with Crippen molar-refractivity contribution in [2.45, 2.75) is 39.3 Å². The van der Waals surface area contributed by atoms with Gasteiger partial charge in [-0.15, -0.1) is 0 Å². The standard InChI is InChI=1S/C23H26N4/c1-19-26-10-11-27(19)17-23-7-3-5-21(13-23)15-25-9-8-24(18-25)14-20-4-2-6-22(12-20)16-26/h2-13,19H,14-18H2,1H3. The summed E-state index contributed by atoms with van der Waals surface area (Å²) in [5.41, 5.74) is 5.50. The maximum Gasteiger partial charge on any atom is 0.0984 e. The van der Waals surface area contributed by atoms with Crippen LogP contribution < -0.4 is 0 Å². The Kier molecular flexibility index (Phi) is 4.04. The lowest BCUT2D eigenvalue weighted by atomic mass is 10.1. The van der Waals surface area contributed by atoms with Gasteiger partial charge in [-0.2, -0.15) is 0 Å². The van der Waals surface area contributed by atoms with Gasteiger partial charge in [0.15, 0.2) is 0 Å². The Labute approximate surface area is 161 Å². The molecule has 4 nitrogen and oxygen atoms in total. The van der Waals surface area contributed by atoms with Crippen LogP contribution in [0.5, 0.6) is 0 Å². The molecule has 0 fully saturated rings. The van der Waals surface area contributed by atoms with Gasteiger partial charge in [0.2, 0.25) is 0 Å². The second-order valence-corrected chi connectivity index (χ2v) is 7.85. The monoisotopic (exact) mass is 358 g/mol. The summed E-state index contributed by atoms with van der Waals surface area (Å²) in [5.74, 6) is 0. The Morgan fingerprint density at radius 2 is 1.07 bits per heavy atom. The average molecular weight is 358 g/mol. The Hall–Kier alpha value is -2.88. The van der Waals surface area contributed by atoms with Crippen LogP contribution in [0.2, 0.25) is 0 Å². The first kappa shape index (κ1) is 16.3.